The number of hydrogen-bond donors (Lipinski definition) is 2. The Bertz CT molecular complexity index is 795. The molecule has 1 aromatic heterocycles. The van der Waals surface area contributed by atoms with Crippen LogP contribution < -0.4 is 10.5 Å². The lowest BCUT2D eigenvalue weighted by molar-refractivity contribution is 0.598. The van der Waals surface area contributed by atoms with Gasteiger partial charge >= 0.3 is 0 Å². The molecule has 0 aliphatic rings. The van der Waals surface area contributed by atoms with Crippen molar-refractivity contribution in [2.75, 3.05) is 4.72 Å². The Morgan fingerprint density at radius 1 is 1.48 bits per heavy atom. The third kappa shape index (κ3) is 3.42. The molecule has 0 amide bonds. The van der Waals surface area contributed by atoms with E-state index in [1.807, 2.05) is 0 Å². The molecule has 0 aliphatic heterocycles. The van der Waals surface area contributed by atoms with E-state index in [2.05, 4.69) is 25.6 Å². The second-order valence-electron chi connectivity index (χ2n) is 4.40. The zero-order chi connectivity index (χ0) is 15.8. The molecular weight excluding hydrogens is 376 g/mol. The maximum atomic E-state index is 12.3. The summed E-state index contributed by atoms with van der Waals surface area (Å²) in [5, 5.41) is -0.0562. The van der Waals surface area contributed by atoms with E-state index in [4.69, 9.17) is 18.0 Å². The van der Waals surface area contributed by atoms with Gasteiger partial charge in [-0.25, -0.2) is 4.98 Å². The lowest BCUT2D eigenvalue weighted by atomic mass is 10.2. The van der Waals surface area contributed by atoms with Gasteiger partial charge < -0.3 is 10.3 Å². The highest BCUT2D eigenvalue weighted by molar-refractivity contribution is 9.10. The fourth-order valence-corrected chi connectivity index (χ4v) is 3.31. The Morgan fingerprint density at radius 3 is 2.67 bits per heavy atom. The highest BCUT2D eigenvalue weighted by atomic mass is 79.9. The predicted octanol–water partition coefficient (Wildman–Crippen LogP) is 1.93. The van der Waals surface area contributed by atoms with Crippen molar-refractivity contribution in [2.24, 2.45) is 12.8 Å². The summed E-state index contributed by atoms with van der Waals surface area (Å²) >= 11 is 8.24. The van der Waals surface area contributed by atoms with E-state index >= 15 is 0 Å². The van der Waals surface area contributed by atoms with Crippen LogP contribution in [0.2, 0.25) is 0 Å². The van der Waals surface area contributed by atoms with Gasteiger partial charge in [0.25, 0.3) is 10.0 Å². The van der Waals surface area contributed by atoms with Crippen molar-refractivity contribution in [1.29, 1.82) is 0 Å². The van der Waals surface area contributed by atoms with Crippen LogP contribution in [0.3, 0.4) is 0 Å². The summed E-state index contributed by atoms with van der Waals surface area (Å²) in [5.41, 5.74) is 6.38. The third-order valence-corrected chi connectivity index (χ3v) is 4.80. The standard InChI is InChI=1S/C12H13BrN4O2S2/c1-7-15-11(6-17(7)2)21(18,19)16-10-4-3-8(13)5-9(10)12(14)20/h3-6,16H,1-2H3,(H2,14,20). The van der Waals surface area contributed by atoms with Gasteiger partial charge in [-0.1, -0.05) is 28.1 Å². The topological polar surface area (TPSA) is 90.0 Å². The van der Waals surface area contributed by atoms with Crippen LogP contribution in [0.25, 0.3) is 0 Å². The van der Waals surface area contributed by atoms with Gasteiger partial charge in [-0.3, -0.25) is 4.72 Å². The highest BCUT2D eigenvalue weighted by Crippen LogP contribution is 2.23. The zero-order valence-electron chi connectivity index (χ0n) is 11.3. The van der Waals surface area contributed by atoms with E-state index in [0.717, 1.165) is 4.47 Å². The number of rotatable bonds is 4. The molecule has 0 atom stereocenters. The first-order valence-electron chi connectivity index (χ1n) is 5.83. The SMILES string of the molecule is Cc1nc(S(=O)(=O)Nc2ccc(Br)cc2C(N)=S)cn1C. The molecule has 0 saturated heterocycles. The number of imidazole rings is 1. The van der Waals surface area contributed by atoms with E-state index in [9.17, 15) is 8.42 Å². The van der Waals surface area contributed by atoms with Gasteiger partial charge in [-0.05, 0) is 25.1 Å². The predicted molar refractivity (Wildman–Crippen MR) is 88.8 cm³/mol. The molecule has 2 aromatic rings. The molecule has 3 N–H and O–H groups in total. The van der Waals surface area contributed by atoms with Gasteiger partial charge in [-0.15, -0.1) is 0 Å². The molecule has 1 heterocycles. The number of thiocarbonyl (C=S) groups is 1. The van der Waals surface area contributed by atoms with Gasteiger partial charge in [0.15, 0.2) is 5.03 Å². The average Bonchev–Trinajstić information content (AvgIpc) is 2.72. The van der Waals surface area contributed by atoms with Gasteiger partial charge in [0.1, 0.15) is 10.8 Å². The van der Waals surface area contributed by atoms with Crippen molar-refractivity contribution >= 4 is 48.8 Å². The molecule has 0 fully saturated rings. The minimum atomic E-state index is -3.80. The van der Waals surface area contributed by atoms with E-state index in [1.54, 1.807) is 36.7 Å². The molecule has 112 valence electrons. The average molecular weight is 389 g/mol. The third-order valence-electron chi connectivity index (χ3n) is 2.85. The first-order chi connectivity index (χ1) is 9.70. The maximum absolute atomic E-state index is 12.3. The maximum Gasteiger partial charge on any atom is 0.280 e. The summed E-state index contributed by atoms with van der Waals surface area (Å²) in [4.78, 5) is 4.11. The van der Waals surface area contributed by atoms with Crippen LogP contribution in [0.5, 0.6) is 0 Å². The lowest BCUT2D eigenvalue weighted by Gasteiger charge is -2.11. The van der Waals surface area contributed by atoms with Crippen molar-refractivity contribution in [3.63, 3.8) is 0 Å². The van der Waals surface area contributed by atoms with Crippen LogP contribution >= 0.6 is 28.1 Å². The molecule has 6 nitrogen and oxygen atoms in total. The second kappa shape index (κ2) is 5.74. The monoisotopic (exact) mass is 388 g/mol. The minimum absolute atomic E-state index is 0.0562. The Kier molecular flexibility index (Phi) is 4.35. The summed E-state index contributed by atoms with van der Waals surface area (Å²) in [6.45, 7) is 1.72. The largest absolute Gasteiger partial charge is 0.389 e. The second-order valence-corrected chi connectivity index (χ2v) is 7.38. The van der Waals surface area contributed by atoms with Crippen LogP contribution in [0.4, 0.5) is 5.69 Å². The molecule has 21 heavy (non-hydrogen) atoms. The fourth-order valence-electron chi connectivity index (χ4n) is 1.66. The van der Waals surface area contributed by atoms with E-state index in [-0.39, 0.29) is 10.0 Å². The van der Waals surface area contributed by atoms with Crippen LogP contribution in [0, 0.1) is 6.92 Å². The molecular formula is C12H13BrN4O2S2. The molecule has 0 bridgehead atoms. The summed E-state index contributed by atoms with van der Waals surface area (Å²) in [6.07, 6.45) is 1.44. The Balaban J connectivity index is 2.44. The molecule has 0 unspecified atom stereocenters. The Morgan fingerprint density at radius 2 is 2.14 bits per heavy atom. The molecule has 2 rings (SSSR count). The minimum Gasteiger partial charge on any atom is -0.389 e. The molecule has 1 aromatic carbocycles. The van der Waals surface area contributed by atoms with E-state index in [1.165, 1.54) is 6.20 Å². The van der Waals surface area contributed by atoms with Crippen molar-refractivity contribution < 1.29 is 8.42 Å². The van der Waals surface area contributed by atoms with E-state index in [0.29, 0.717) is 17.1 Å². The zero-order valence-corrected chi connectivity index (χ0v) is 14.5. The smallest absolute Gasteiger partial charge is 0.280 e. The van der Waals surface area contributed by atoms with Crippen molar-refractivity contribution in [2.45, 2.75) is 11.9 Å². The van der Waals surface area contributed by atoms with Gasteiger partial charge in [0, 0.05) is 23.3 Å². The molecule has 0 radical (unpaired) electrons. The van der Waals surface area contributed by atoms with Crippen molar-refractivity contribution in [3.05, 3.63) is 40.3 Å². The number of sulfonamides is 1. The number of nitrogens with zero attached hydrogens (tertiary/aromatic N) is 2. The molecule has 0 saturated carbocycles. The number of halogens is 1. The van der Waals surface area contributed by atoms with Gasteiger partial charge in [0.05, 0.1) is 5.69 Å². The van der Waals surface area contributed by atoms with Crippen LogP contribution in [-0.4, -0.2) is 23.0 Å². The number of hydrogen-bond acceptors (Lipinski definition) is 4. The van der Waals surface area contributed by atoms with Crippen molar-refractivity contribution in [3.8, 4) is 0 Å². The fraction of sp³-hybridized carbons (Fsp3) is 0.167. The number of nitrogens with one attached hydrogen (secondary N) is 1. The lowest BCUT2D eigenvalue weighted by Crippen LogP contribution is -2.18. The summed E-state index contributed by atoms with van der Waals surface area (Å²) < 4.78 is 29.5. The first-order valence-corrected chi connectivity index (χ1v) is 8.51. The van der Waals surface area contributed by atoms with E-state index < -0.39 is 10.0 Å². The van der Waals surface area contributed by atoms with Crippen LogP contribution in [0.1, 0.15) is 11.4 Å². The molecule has 0 spiro atoms. The summed E-state index contributed by atoms with van der Waals surface area (Å²) in [7, 11) is -2.07. The Hall–Kier alpha value is -1.45. The number of aromatic nitrogens is 2. The number of anilines is 1. The normalized spacial score (nSPS) is 11.4. The van der Waals surface area contributed by atoms with Crippen LogP contribution in [-0.2, 0) is 17.1 Å². The Labute approximate surface area is 136 Å². The summed E-state index contributed by atoms with van der Waals surface area (Å²) in [6, 6.07) is 4.94. The van der Waals surface area contributed by atoms with Crippen LogP contribution in [0.15, 0.2) is 33.9 Å². The number of benzene rings is 1. The number of nitrogens with two attached hydrogens (primary N) is 1. The quantitative estimate of drug-likeness (QED) is 0.780. The molecule has 0 aliphatic carbocycles. The first kappa shape index (κ1) is 15.9. The number of aryl methyl sites for hydroxylation is 2. The van der Waals surface area contributed by atoms with Gasteiger partial charge in [0.2, 0.25) is 0 Å². The highest BCUT2D eigenvalue weighted by Gasteiger charge is 2.20. The van der Waals surface area contributed by atoms with Crippen molar-refractivity contribution in [1.82, 2.24) is 9.55 Å². The molecule has 9 heteroatoms. The summed E-state index contributed by atoms with van der Waals surface area (Å²) in [5.74, 6) is 0.598. The van der Waals surface area contributed by atoms with Gasteiger partial charge in [-0.2, -0.15) is 8.42 Å².